The van der Waals surface area contributed by atoms with E-state index < -0.39 is 22.4 Å². The van der Waals surface area contributed by atoms with Crippen LogP contribution in [0.2, 0.25) is 0 Å². The van der Waals surface area contributed by atoms with E-state index in [1.807, 2.05) is 18.2 Å². The lowest BCUT2D eigenvalue weighted by Crippen LogP contribution is -2.06. The fourth-order valence-corrected chi connectivity index (χ4v) is 3.30. The van der Waals surface area contributed by atoms with Crippen molar-refractivity contribution in [2.45, 2.75) is 6.18 Å². The Labute approximate surface area is 196 Å². The van der Waals surface area contributed by atoms with Crippen molar-refractivity contribution in [1.29, 1.82) is 5.26 Å². The number of aromatic amines is 1. The highest BCUT2D eigenvalue weighted by atomic mass is 19.4. The summed E-state index contributed by atoms with van der Waals surface area (Å²) in [6.07, 6.45) is -3.18. The molecule has 4 rings (SSSR count). The van der Waals surface area contributed by atoms with Gasteiger partial charge in [0.15, 0.2) is 11.5 Å². The number of rotatable bonds is 6. The molecule has 3 aromatic carbocycles. The van der Waals surface area contributed by atoms with Crippen molar-refractivity contribution >= 4 is 28.4 Å². The van der Waals surface area contributed by atoms with Crippen LogP contribution in [-0.2, 0) is 6.18 Å². The summed E-state index contributed by atoms with van der Waals surface area (Å²) < 4.78 is 49.7. The van der Waals surface area contributed by atoms with Crippen LogP contribution in [0.25, 0.3) is 22.7 Å². The third-order valence-electron chi connectivity index (χ3n) is 4.97. The van der Waals surface area contributed by atoms with Crippen molar-refractivity contribution in [3.63, 3.8) is 0 Å². The van der Waals surface area contributed by atoms with E-state index in [0.717, 1.165) is 11.6 Å². The maximum atomic E-state index is 13.0. The summed E-state index contributed by atoms with van der Waals surface area (Å²) in [6, 6.07) is 15.9. The maximum Gasteiger partial charge on any atom is 0.416 e. The summed E-state index contributed by atoms with van der Waals surface area (Å²) in [6.45, 7) is 0. The average molecular weight is 480 g/mol. The minimum atomic E-state index is -4.74. The second-order valence-electron chi connectivity index (χ2n) is 7.22. The van der Waals surface area contributed by atoms with E-state index in [1.165, 1.54) is 19.2 Å². The predicted molar refractivity (Wildman–Crippen MR) is 121 cm³/mol. The number of fused-ring (bicyclic) bond motifs is 1. The van der Waals surface area contributed by atoms with E-state index in [4.69, 9.17) is 9.47 Å². The Hall–Kier alpha value is -4.85. The van der Waals surface area contributed by atoms with E-state index >= 15 is 0 Å². The number of alkyl halides is 3. The Morgan fingerprint density at radius 1 is 1.11 bits per heavy atom. The molecule has 0 saturated carbocycles. The molecule has 0 aliphatic carbocycles. The molecule has 35 heavy (non-hydrogen) atoms. The first kappa shape index (κ1) is 23.3. The van der Waals surface area contributed by atoms with Gasteiger partial charge in [0.25, 0.3) is 0 Å². The van der Waals surface area contributed by atoms with E-state index in [0.29, 0.717) is 29.0 Å². The second-order valence-corrected chi connectivity index (χ2v) is 7.22. The lowest BCUT2D eigenvalue weighted by Gasteiger charge is -2.13. The number of H-pyrrole nitrogens is 1. The molecule has 0 amide bonds. The lowest BCUT2D eigenvalue weighted by molar-refractivity contribution is -0.385. The van der Waals surface area contributed by atoms with Crippen LogP contribution in [0.3, 0.4) is 0 Å². The molecule has 1 aromatic heterocycles. The third kappa shape index (κ3) is 4.91. The Morgan fingerprint density at radius 3 is 2.51 bits per heavy atom. The summed E-state index contributed by atoms with van der Waals surface area (Å²) in [5, 5.41) is 21.0. The zero-order chi connectivity index (χ0) is 25.2. The van der Waals surface area contributed by atoms with E-state index in [1.54, 1.807) is 18.2 Å². The average Bonchev–Trinajstić information content (AvgIpc) is 3.26. The van der Waals surface area contributed by atoms with Gasteiger partial charge in [-0.2, -0.15) is 18.4 Å². The number of imidazole rings is 1. The van der Waals surface area contributed by atoms with E-state index in [9.17, 15) is 28.5 Å². The molecule has 11 heteroatoms. The van der Waals surface area contributed by atoms with Gasteiger partial charge in [0.2, 0.25) is 5.75 Å². The molecule has 0 unspecified atom stereocenters. The summed E-state index contributed by atoms with van der Waals surface area (Å²) in [4.78, 5) is 17.8. The first-order valence-electron chi connectivity index (χ1n) is 9.98. The van der Waals surface area contributed by atoms with Crippen molar-refractivity contribution in [2.75, 3.05) is 7.11 Å². The quantitative estimate of drug-likeness (QED) is 0.195. The van der Waals surface area contributed by atoms with Crippen LogP contribution in [0.1, 0.15) is 17.0 Å². The number of aromatic nitrogens is 2. The maximum absolute atomic E-state index is 13.0. The van der Waals surface area contributed by atoms with Crippen LogP contribution in [-0.4, -0.2) is 22.0 Å². The monoisotopic (exact) mass is 480 g/mol. The smallest absolute Gasteiger partial charge is 0.416 e. The highest BCUT2D eigenvalue weighted by Gasteiger charge is 2.33. The first-order chi connectivity index (χ1) is 16.7. The van der Waals surface area contributed by atoms with Gasteiger partial charge in [-0.3, -0.25) is 10.1 Å². The van der Waals surface area contributed by atoms with Crippen LogP contribution >= 0.6 is 0 Å². The highest BCUT2D eigenvalue weighted by Crippen LogP contribution is 2.40. The number of hydrogen-bond donors (Lipinski definition) is 1. The fourth-order valence-electron chi connectivity index (χ4n) is 3.30. The third-order valence-corrected chi connectivity index (χ3v) is 4.97. The summed E-state index contributed by atoms with van der Waals surface area (Å²) in [7, 11) is 1.33. The molecule has 1 heterocycles. The van der Waals surface area contributed by atoms with Crippen molar-refractivity contribution in [3.8, 4) is 23.3 Å². The number of nitrogens with one attached hydrogen (secondary N) is 1. The molecule has 0 aliphatic rings. The van der Waals surface area contributed by atoms with Crippen molar-refractivity contribution in [3.05, 3.63) is 87.7 Å². The zero-order valence-electron chi connectivity index (χ0n) is 18.0. The summed E-state index contributed by atoms with van der Waals surface area (Å²) >= 11 is 0. The number of nitro benzene ring substituents is 1. The lowest BCUT2D eigenvalue weighted by atomic mass is 10.1. The Morgan fingerprint density at radius 2 is 1.86 bits per heavy atom. The van der Waals surface area contributed by atoms with E-state index in [-0.39, 0.29) is 22.8 Å². The van der Waals surface area contributed by atoms with Gasteiger partial charge in [0, 0.05) is 6.07 Å². The van der Waals surface area contributed by atoms with Crippen LogP contribution < -0.4 is 9.47 Å². The van der Waals surface area contributed by atoms with Gasteiger partial charge >= 0.3 is 11.9 Å². The first-order valence-corrected chi connectivity index (χ1v) is 9.98. The van der Waals surface area contributed by atoms with Gasteiger partial charge < -0.3 is 14.5 Å². The minimum Gasteiger partial charge on any atom is -0.493 e. The number of hydrogen-bond acceptors (Lipinski definition) is 6. The Balaban J connectivity index is 1.67. The summed E-state index contributed by atoms with van der Waals surface area (Å²) in [5.41, 5.74) is 0.232. The minimum absolute atomic E-state index is 0.0368. The normalized spacial score (nSPS) is 11.8. The number of allylic oxidation sites excluding steroid dienone is 1. The van der Waals surface area contributed by atoms with Gasteiger partial charge in [-0.1, -0.05) is 18.2 Å². The van der Waals surface area contributed by atoms with Gasteiger partial charge in [0.1, 0.15) is 11.9 Å². The SMILES string of the molecule is COc1cc(/C=C(\C#N)c2nc3ccccc3[nH]2)ccc1Oc1ccc(C(F)(F)F)cc1[N+](=O)[O-]. The van der Waals surface area contributed by atoms with Gasteiger partial charge in [-0.05, 0) is 48.0 Å². The van der Waals surface area contributed by atoms with Gasteiger partial charge in [-0.25, -0.2) is 4.98 Å². The van der Waals surface area contributed by atoms with Crippen LogP contribution in [0, 0.1) is 21.4 Å². The van der Waals surface area contributed by atoms with Crippen molar-refractivity contribution < 1.29 is 27.6 Å². The molecule has 0 aliphatic heterocycles. The number of benzene rings is 3. The molecule has 1 N–H and O–H groups in total. The number of nitriles is 1. The molecule has 176 valence electrons. The predicted octanol–water partition coefficient (Wildman–Crippen LogP) is 6.35. The topological polar surface area (TPSA) is 114 Å². The zero-order valence-corrected chi connectivity index (χ0v) is 18.0. The number of ether oxygens (including phenoxy) is 2. The molecule has 0 atom stereocenters. The molecule has 0 spiro atoms. The van der Waals surface area contributed by atoms with Crippen LogP contribution in [0.5, 0.6) is 17.2 Å². The van der Waals surface area contributed by atoms with Crippen LogP contribution in [0.15, 0.2) is 60.7 Å². The molecule has 8 nitrogen and oxygen atoms in total. The molecule has 0 bridgehead atoms. The highest BCUT2D eigenvalue weighted by molar-refractivity contribution is 5.90. The van der Waals surface area contributed by atoms with Crippen molar-refractivity contribution in [1.82, 2.24) is 9.97 Å². The largest absolute Gasteiger partial charge is 0.493 e. The number of halogens is 3. The molecule has 0 fully saturated rings. The number of nitro groups is 1. The second kappa shape index (κ2) is 9.18. The number of nitrogens with zero attached hydrogens (tertiary/aromatic N) is 3. The fraction of sp³-hybridized carbons (Fsp3) is 0.0833. The van der Waals surface area contributed by atoms with E-state index in [2.05, 4.69) is 16.0 Å². The van der Waals surface area contributed by atoms with Gasteiger partial charge in [0.05, 0.1) is 34.2 Å². The van der Waals surface area contributed by atoms with Gasteiger partial charge in [-0.15, -0.1) is 0 Å². The molecule has 0 saturated heterocycles. The Kier molecular flexibility index (Phi) is 6.12. The summed E-state index contributed by atoms with van der Waals surface area (Å²) in [5.74, 6) is 0.169. The molecular formula is C24H15F3N4O4. The number of methoxy groups -OCH3 is 1. The number of para-hydroxylation sites is 2. The Bertz CT molecular complexity index is 1470. The molecule has 4 aromatic rings. The van der Waals surface area contributed by atoms with Crippen LogP contribution in [0.4, 0.5) is 18.9 Å². The standard InChI is InChI=1S/C24H15F3N4O4/c1-34-22-11-14(10-15(13-28)23-29-17-4-2-3-5-18(17)30-23)6-8-21(22)35-20-9-7-16(24(25,26)27)12-19(20)31(32)33/h2-12H,1H3,(H,29,30)/b15-10+. The molecule has 0 radical (unpaired) electrons. The molecular weight excluding hydrogens is 465 g/mol. The van der Waals surface area contributed by atoms with Crippen molar-refractivity contribution in [2.24, 2.45) is 0 Å².